The molecule has 146 valence electrons. The fourth-order valence-corrected chi connectivity index (χ4v) is 3.65. The molecule has 2 fully saturated rings. The van der Waals surface area contributed by atoms with Crippen molar-refractivity contribution in [3.63, 3.8) is 0 Å². The van der Waals surface area contributed by atoms with Gasteiger partial charge in [0.1, 0.15) is 12.1 Å². The molecule has 2 saturated heterocycles. The summed E-state index contributed by atoms with van der Waals surface area (Å²) in [7, 11) is 0. The van der Waals surface area contributed by atoms with Crippen LogP contribution in [-0.2, 0) is 17.5 Å². The van der Waals surface area contributed by atoms with Crippen LogP contribution in [0.1, 0.15) is 17.7 Å². The van der Waals surface area contributed by atoms with Crippen LogP contribution in [0.4, 0.5) is 17.6 Å². The lowest BCUT2D eigenvalue weighted by molar-refractivity contribution is -0.139. The second kappa shape index (κ2) is 6.88. The molecule has 27 heavy (non-hydrogen) atoms. The maximum Gasteiger partial charge on any atom is 0.419 e. The molecule has 1 unspecified atom stereocenters. The van der Waals surface area contributed by atoms with Gasteiger partial charge >= 0.3 is 6.18 Å². The van der Waals surface area contributed by atoms with Gasteiger partial charge in [-0.25, -0.2) is 9.37 Å². The first-order valence-electron chi connectivity index (χ1n) is 8.73. The van der Waals surface area contributed by atoms with Crippen molar-refractivity contribution >= 4 is 0 Å². The first-order chi connectivity index (χ1) is 12.8. The van der Waals surface area contributed by atoms with Crippen molar-refractivity contribution in [2.45, 2.75) is 24.7 Å². The molecule has 2 aliphatic heterocycles. The molecule has 9 heteroatoms. The van der Waals surface area contributed by atoms with Crippen LogP contribution in [0.15, 0.2) is 28.9 Å². The number of rotatable bonds is 3. The Morgan fingerprint density at radius 1 is 1.30 bits per heavy atom. The highest BCUT2D eigenvalue weighted by Crippen LogP contribution is 2.34. The van der Waals surface area contributed by atoms with E-state index in [4.69, 9.17) is 9.15 Å². The van der Waals surface area contributed by atoms with Gasteiger partial charge in [-0.2, -0.15) is 13.2 Å². The maximum absolute atomic E-state index is 13.4. The second-order valence-corrected chi connectivity index (χ2v) is 7.01. The molecule has 4 rings (SSSR count). The number of hydrogen-bond donors (Lipinski definition) is 1. The first-order valence-corrected chi connectivity index (χ1v) is 8.73. The summed E-state index contributed by atoms with van der Waals surface area (Å²) in [5.41, 5.74) is -0.800. The number of morpholine rings is 1. The zero-order valence-electron chi connectivity index (χ0n) is 14.5. The van der Waals surface area contributed by atoms with E-state index in [1.165, 1.54) is 12.3 Å². The third kappa shape index (κ3) is 3.85. The van der Waals surface area contributed by atoms with Gasteiger partial charge in [0.2, 0.25) is 5.89 Å². The zero-order chi connectivity index (χ0) is 19.1. The highest BCUT2D eigenvalue weighted by Gasteiger charge is 2.39. The van der Waals surface area contributed by atoms with E-state index in [0.29, 0.717) is 18.8 Å². The molecule has 1 spiro atoms. The fraction of sp³-hybridized carbons (Fsp3) is 0.500. The van der Waals surface area contributed by atoms with Crippen LogP contribution in [-0.4, -0.2) is 48.3 Å². The second-order valence-electron chi connectivity index (χ2n) is 7.01. The molecule has 1 N–H and O–H groups in total. The quantitative estimate of drug-likeness (QED) is 0.823. The average molecular weight is 385 g/mol. The molecule has 1 atom stereocenters. The average Bonchev–Trinajstić information content (AvgIpc) is 3.24. The third-order valence-electron chi connectivity index (χ3n) is 4.99. The number of alkyl halides is 3. The Bertz CT molecular complexity index is 815. The Morgan fingerprint density at radius 3 is 2.89 bits per heavy atom. The lowest BCUT2D eigenvalue weighted by Crippen LogP contribution is -2.52. The lowest BCUT2D eigenvalue weighted by Gasteiger charge is -2.39. The van der Waals surface area contributed by atoms with E-state index in [9.17, 15) is 17.6 Å². The molecule has 0 bridgehead atoms. The predicted octanol–water partition coefficient (Wildman–Crippen LogP) is 3.06. The summed E-state index contributed by atoms with van der Waals surface area (Å²) in [4.78, 5) is 6.49. The molecule has 0 radical (unpaired) electrons. The van der Waals surface area contributed by atoms with Crippen LogP contribution < -0.4 is 5.32 Å². The van der Waals surface area contributed by atoms with Gasteiger partial charge in [-0.1, -0.05) is 0 Å². The predicted molar refractivity (Wildman–Crippen MR) is 88.3 cm³/mol. The molecule has 5 nitrogen and oxygen atoms in total. The van der Waals surface area contributed by atoms with E-state index in [2.05, 4.69) is 15.2 Å². The van der Waals surface area contributed by atoms with Crippen molar-refractivity contribution in [3.8, 4) is 11.5 Å². The number of nitrogens with one attached hydrogen (secondary N) is 1. The van der Waals surface area contributed by atoms with Crippen molar-refractivity contribution < 1.29 is 26.7 Å². The largest absolute Gasteiger partial charge is 0.444 e. The minimum atomic E-state index is -4.77. The van der Waals surface area contributed by atoms with E-state index in [-0.39, 0.29) is 17.1 Å². The van der Waals surface area contributed by atoms with Gasteiger partial charge in [0.05, 0.1) is 23.5 Å². The number of oxazole rings is 1. The fourth-order valence-electron chi connectivity index (χ4n) is 3.65. The Balaban J connectivity index is 1.49. The van der Waals surface area contributed by atoms with Crippen LogP contribution in [0.25, 0.3) is 11.5 Å². The highest BCUT2D eigenvalue weighted by molar-refractivity contribution is 5.55. The van der Waals surface area contributed by atoms with Gasteiger partial charge < -0.3 is 14.5 Å². The van der Waals surface area contributed by atoms with Gasteiger partial charge in [-0.15, -0.1) is 0 Å². The minimum Gasteiger partial charge on any atom is -0.444 e. The normalized spacial score (nSPS) is 24.0. The number of ether oxygens (including phenoxy) is 1. The number of benzene rings is 1. The van der Waals surface area contributed by atoms with Crippen LogP contribution in [0.2, 0.25) is 0 Å². The highest BCUT2D eigenvalue weighted by atomic mass is 19.4. The Labute approximate surface area is 153 Å². The number of nitrogens with zero attached hydrogens (tertiary/aromatic N) is 2. The zero-order valence-corrected chi connectivity index (χ0v) is 14.5. The minimum absolute atomic E-state index is 0.0426. The molecule has 3 heterocycles. The van der Waals surface area contributed by atoms with Gasteiger partial charge in [0, 0.05) is 31.7 Å². The van der Waals surface area contributed by atoms with Crippen LogP contribution in [0, 0.1) is 5.82 Å². The molecular weight excluding hydrogens is 366 g/mol. The van der Waals surface area contributed by atoms with Gasteiger partial charge in [-0.05, 0) is 31.2 Å². The Hall–Kier alpha value is -1.97. The number of hydrogen-bond acceptors (Lipinski definition) is 5. The van der Waals surface area contributed by atoms with E-state index >= 15 is 0 Å². The summed E-state index contributed by atoms with van der Waals surface area (Å²) in [5, 5.41) is 3.31. The van der Waals surface area contributed by atoms with Crippen molar-refractivity contribution in [2.24, 2.45) is 0 Å². The van der Waals surface area contributed by atoms with E-state index in [1.54, 1.807) is 0 Å². The van der Waals surface area contributed by atoms with Crippen LogP contribution in [0.5, 0.6) is 0 Å². The van der Waals surface area contributed by atoms with Gasteiger partial charge in [-0.3, -0.25) is 4.90 Å². The number of halogens is 4. The molecule has 0 saturated carbocycles. The Morgan fingerprint density at radius 2 is 2.15 bits per heavy atom. The maximum atomic E-state index is 13.4. The van der Waals surface area contributed by atoms with Gasteiger partial charge in [0.15, 0.2) is 0 Å². The van der Waals surface area contributed by atoms with Crippen molar-refractivity contribution in [2.75, 3.05) is 32.8 Å². The molecule has 1 aromatic heterocycles. The smallest absolute Gasteiger partial charge is 0.419 e. The van der Waals surface area contributed by atoms with Crippen molar-refractivity contribution in [1.29, 1.82) is 0 Å². The molecular formula is C18H19F4N3O2. The summed E-state index contributed by atoms with van der Waals surface area (Å²) in [6, 6.07) is 2.73. The van der Waals surface area contributed by atoms with Crippen molar-refractivity contribution in [3.05, 3.63) is 41.5 Å². The monoisotopic (exact) mass is 385 g/mol. The summed E-state index contributed by atoms with van der Waals surface area (Å²) < 4.78 is 63.4. The first kappa shape index (κ1) is 18.4. The summed E-state index contributed by atoms with van der Waals surface area (Å²) in [6.07, 6.45) is -2.39. The van der Waals surface area contributed by atoms with E-state index < -0.39 is 17.6 Å². The summed E-state index contributed by atoms with van der Waals surface area (Å²) in [5.74, 6) is -1.28. The van der Waals surface area contributed by atoms with E-state index in [1.807, 2.05) is 0 Å². The third-order valence-corrected chi connectivity index (χ3v) is 4.99. The van der Waals surface area contributed by atoms with Crippen LogP contribution >= 0.6 is 0 Å². The van der Waals surface area contributed by atoms with Gasteiger partial charge in [0.25, 0.3) is 0 Å². The SMILES string of the molecule is Fc1ccc(-c2nc(CN3CCOC4(CCNC4)C3)co2)cc1C(F)(F)F. The topological polar surface area (TPSA) is 50.5 Å². The molecule has 1 aromatic carbocycles. The molecule has 2 aromatic rings. The summed E-state index contributed by atoms with van der Waals surface area (Å²) in [6.45, 7) is 4.38. The van der Waals surface area contributed by atoms with Crippen LogP contribution in [0.3, 0.4) is 0 Å². The lowest BCUT2D eigenvalue weighted by atomic mass is 10.0. The molecule has 0 amide bonds. The van der Waals surface area contributed by atoms with Crippen molar-refractivity contribution in [1.82, 2.24) is 15.2 Å². The Kier molecular flexibility index (Phi) is 4.69. The standard InChI is InChI=1S/C18H19F4N3O2/c19-15-2-1-12(7-14(15)18(20,21)22)16-24-13(9-26-16)8-25-5-6-27-17(11-25)3-4-23-10-17/h1-2,7,9,23H,3-6,8,10-11H2. The molecule has 0 aliphatic carbocycles. The van der Waals surface area contributed by atoms with E-state index in [0.717, 1.165) is 44.7 Å². The summed E-state index contributed by atoms with van der Waals surface area (Å²) >= 11 is 0. The molecule has 2 aliphatic rings. The number of aromatic nitrogens is 1.